The molecule has 8 heteroatoms. The van der Waals surface area contributed by atoms with Crippen molar-refractivity contribution in [3.8, 4) is 0 Å². The van der Waals surface area contributed by atoms with Crippen LogP contribution in [0, 0.1) is 30.9 Å². The van der Waals surface area contributed by atoms with Gasteiger partial charge in [-0.25, -0.2) is 0 Å². The van der Waals surface area contributed by atoms with Gasteiger partial charge in [-0.15, -0.1) is 11.3 Å². The van der Waals surface area contributed by atoms with Gasteiger partial charge in [-0.05, 0) is 32.9 Å². The minimum Gasteiger partial charge on any atom is -0.341 e. The van der Waals surface area contributed by atoms with E-state index < -0.39 is 4.92 Å². The van der Waals surface area contributed by atoms with Crippen molar-refractivity contribution in [3.63, 3.8) is 0 Å². The number of rotatable bonds is 6. The number of hydrogen-bond acceptors (Lipinski definition) is 5. The van der Waals surface area contributed by atoms with Gasteiger partial charge in [0.15, 0.2) is 0 Å². The maximum absolute atomic E-state index is 12.2. The van der Waals surface area contributed by atoms with Gasteiger partial charge in [-0.3, -0.25) is 19.6 Å². The zero-order valence-corrected chi connectivity index (χ0v) is 14.5. The summed E-state index contributed by atoms with van der Waals surface area (Å²) in [6.45, 7) is 6.21. The monoisotopic (exact) mass is 336 g/mol. The molecule has 1 amide bonds. The summed E-state index contributed by atoms with van der Waals surface area (Å²) >= 11 is 1.67. The summed E-state index contributed by atoms with van der Waals surface area (Å²) in [4.78, 5) is 26.8. The number of amides is 1. The molecule has 0 N–H and O–H groups in total. The van der Waals surface area contributed by atoms with Crippen molar-refractivity contribution in [2.24, 2.45) is 0 Å². The van der Waals surface area contributed by atoms with E-state index in [4.69, 9.17) is 0 Å². The largest absolute Gasteiger partial charge is 0.341 e. The van der Waals surface area contributed by atoms with Gasteiger partial charge < -0.3 is 4.90 Å². The highest BCUT2D eigenvalue weighted by atomic mass is 32.1. The van der Waals surface area contributed by atoms with Gasteiger partial charge in [-0.2, -0.15) is 5.10 Å². The van der Waals surface area contributed by atoms with E-state index in [2.05, 4.69) is 5.10 Å². The molecule has 0 atom stereocenters. The Hall–Kier alpha value is -2.22. The third-order valence-electron chi connectivity index (χ3n) is 3.68. The molecular weight excluding hydrogens is 316 g/mol. The molecule has 2 aromatic rings. The van der Waals surface area contributed by atoms with E-state index >= 15 is 0 Å². The van der Waals surface area contributed by atoms with E-state index in [1.165, 1.54) is 9.56 Å². The average molecular weight is 336 g/mol. The number of nitrogens with zero attached hydrogens (tertiary/aromatic N) is 4. The molecule has 0 bridgehead atoms. The lowest BCUT2D eigenvalue weighted by Crippen LogP contribution is -2.27. The van der Waals surface area contributed by atoms with Crippen molar-refractivity contribution in [2.75, 3.05) is 7.05 Å². The molecule has 7 nitrogen and oxygen atoms in total. The van der Waals surface area contributed by atoms with Gasteiger partial charge in [0.2, 0.25) is 5.91 Å². The third kappa shape index (κ3) is 3.95. The first-order valence-electron chi connectivity index (χ1n) is 7.27. The lowest BCUT2D eigenvalue weighted by Gasteiger charge is -2.16. The summed E-state index contributed by atoms with van der Waals surface area (Å²) in [5.74, 6) is -0.00809. The Labute approximate surface area is 138 Å². The van der Waals surface area contributed by atoms with Crippen LogP contribution in [0.15, 0.2) is 12.1 Å². The van der Waals surface area contributed by atoms with Crippen LogP contribution in [0.5, 0.6) is 0 Å². The standard InChI is InChI=1S/C15H20N4O3S/c1-10-5-6-13(23-10)9-17(4)14(20)7-8-18-12(3)15(19(21)22)11(2)16-18/h5-6H,7-9H2,1-4H3. The van der Waals surface area contributed by atoms with Gasteiger partial charge in [0.25, 0.3) is 0 Å². The molecule has 0 fully saturated rings. The normalized spacial score (nSPS) is 10.8. The van der Waals surface area contributed by atoms with Crippen LogP contribution >= 0.6 is 11.3 Å². The molecule has 0 saturated carbocycles. The molecule has 0 spiro atoms. The Morgan fingerprint density at radius 2 is 2.09 bits per heavy atom. The van der Waals surface area contributed by atoms with Crippen molar-refractivity contribution in [1.82, 2.24) is 14.7 Å². The van der Waals surface area contributed by atoms with Crippen molar-refractivity contribution in [2.45, 2.75) is 40.3 Å². The highest BCUT2D eigenvalue weighted by Gasteiger charge is 2.22. The summed E-state index contributed by atoms with van der Waals surface area (Å²) < 4.78 is 1.54. The molecule has 124 valence electrons. The number of aryl methyl sites for hydroxylation is 3. The van der Waals surface area contributed by atoms with Gasteiger partial charge in [0.05, 0.1) is 18.0 Å². The molecule has 2 rings (SSSR count). The summed E-state index contributed by atoms with van der Waals surface area (Å²) in [5, 5.41) is 15.1. The van der Waals surface area contributed by atoms with Crippen LogP contribution < -0.4 is 0 Å². The second-order valence-electron chi connectivity index (χ2n) is 5.51. The predicted octanol–water partition coefficient (Wildman–Crippen LogP) is 2.83. The lowest BCUT2D eigenvalue weighted by atomic mass is 10.3. The van der Waals surface area contributed by atoms with E-state index in [1.54, 1.807) is 37.1 Å². The molecule has 0 aliphatic rings. The lowest BCUT2D eigenvalue weighted by molar-refractivity contribution is -0.386. The fourth-order valence-corrected chi connectivity index (χ4v) is 3.40. The number of aromatic nitrogens is 2. The zero-order chi connectivity index (χ0) is 17.1. The Morgan fingerprint density at radius 3 is 2.61 bits per heavy atom. The molecule has 0 radical (unpaired) electrons. The van der Waals surface area contributed by atoms with Crippen LogP contribution in [0.4, 0.5) is 5.69 Å². The van der Waals surface area contributed by atoms with Crippen molar-refractivity contribution in [3.05, 3.63) is 43.4 Å². The first kappa shape index (κ1) is 17.1. The van der Waals surface area contributed by atoms with Crippen LogP contribution in [0.25, 0.3) is 0 Å². The molecule has 23 heavy (non-hydrogen) atoms. The van der Waals surface area contributed by atoms with E-state index in [9.17, 15) is 14.9 Å². The van der Waals surface area contributed by atoms with E-state index in [0.717, 1.165) is 4.88 Å². The minimum atomic E-state index is -0.429. The second-order valence-corrected chi connectivity index (χ2v) is 6.88. The van der Waals surface area contributed by atoms with Crippen LogP contribution in [0.3, 0.4) is 0 Å². The molecular formula is C15H20N4O3S. The van der Waals surface area contributed by atoms with E-state index in [1.807, 2.05) is 19.1 Å². The topological polar surface area (TPSA) is 81.3 Å². The maximum atomic E-state index is 12.2. The highest BCUT2D eigenvalue weighted by molar-refractivity contribution is 7.11. The molecule has 0 aliphatic carbocycles. The maximum Gasteiger partial charge on any atom is 0.312 e. The third-order valence-corrected chi connectivity index (χ3v) is 4.66. The van der Waals surface area contributed by atoms with Crippen molar-refractivity contribution < 1.29 is 9.72 Å². The summed E-state index contributed by atoms with van der Waals surface area (Å²) in [5.41, 5.74) is 0.888. The van der Waals surface area contributed by atoms with Crippen molar-refractivity contribution >= 4 is 22.9 Å². The van der Waals surface area contributed by atoms with Crippen molar-refractivity contribution in [1.29, 1.82) is 0 Å². The van der Waals surface area contributed by atoms with Crippen LogP contribution in [0.1, 0.15) is 27.6 Å². The zero-order valence-electron chi connectivity index (χ0n) is 13.7. The quantitative estimate of drug-likeness (QED) is 0.600. The Kier molecular flexibility index (Phi) is 5.15. The van der Waals surface area contributed by atoms with Crippen LogP contribution in [-0.2, 0) is 17.9 Å². The Balaban J connectivity index is 1.96. The molecule has 0 unspecified atom stereocenters. The van der Waals surface area contributed by atoms with Gasteiger partial charge in [0.1, 0.15) is 11.4 Å². The molecule has 2 heterocycles. The number of thiophene rings is 1. The first-order valence-corrected chi connectivity index (χ1v) is 8.09. The highest BCUT2D eigenvalue weighted by Crippen LogP contribution is 2.22. The smallest absolute Gasteiger partial charge is 0.312 e. The fraction of sp³-hybridized carbons (Fsp3) is 0.467. The summed E-state index contributed by atoms with van der Waals surface area (Å²) in [6.07, 6.45) is 0.264. The van der Waals surface area contributed by atoms with Crippen LogP contribution in [0.2, 0.25) is 0 Å². The van der Waals surface area contributed by atoms with E-state index in [-0.39, 0.29) is 18.0 Å². The molecule has 0 saturated heterocycles. The number of nitro groups is 1. The number of carbonyl (C=O) groups excluding carboxylic acids is 1. The van der Waals surface area contributed by atoms with E-state index in [0.29, 0.717) is 24.5 Å². The fourth-order valence-electron chi connectivity index (χ4n) is 2.45. The Morgan fingerprint density at radius 1 is 1.39 bits per heavy atom. The summed E-state index contributed by atoms with van der Waals surface area (Å²) in [6, 6.07) is 4.06. The first-order chi connectivity index (χ1) is 10.8. The van der Waals surface area contributed by atoms with Gasteiger partial charge in [-0.1, -0.05) is 0 Å². The van der Waals surface area contributed by atoms with Crippen LogP contribution in [-0.4, -0.2) is 32.6 Å². The average Bonchev–Trinajstić information content (AvgIpc) is 2.99. The molecule has 0 aliphatic heterocycles. The predicted molar refractivity (Wildman–Crippen MR) is 88.5 cm³/mol. The molecule has 0 aromatic carbocycles. The second kappa shape index (κ2) is 6.91. The number of hydrogen-bond donors (Lipinski definition) is 0. The van der Waals surface area contributed by atoms with Gasteiger partial charge >= 0.3 is 5.69 Å². The summed E-state index contributed by atoms with van der Waals surface area (Å²) in [7, 11) is 1.76. The SMILES string of the molecule is Cc1ccc(CN(C)C(=O)CCn2nc(C)c([N+](=O)[O-])c2C)s1. The molecule has 2 aromatic heterocycles. The minimum absolute atomic E-state index is 0.00809. The van der Waals surface area contributed by atoms with Gasteiger partial charge in [0, 0.05) is 23.2 Å². The number of carbonyl (C=O) groups is 1. The Bertz CT molecular complexity index is 735.